The summed E-state index contributed by atoms with van der Waals surface area (Å²) in [5.41, 5.74) is 4.14. The highest BCUT2D eigenvalue weighted by atomic mass is 32.2. The summed E-state index contributed by atoms with van der Waals surface area (Å²) in [7, 11) is -2.28. The molecule has 152 valence electrons. The molecule has 0 N–H and O–H groups in total. The van der Waals surface area contributed by atoms with Crippen LogP contribution >= 0.6 is 0 Å². The number of methoxy groups -OCH3 is 1. The van der Waals surface area contributed by atoms with Gasteiger partial charge in [0.1, 0.15) is 12.0 Å². The average molecular weight is 420 g/mol. The Balaban J connectivity index is 2.09. The maximum Gasteiger partial charge on any atom is 0.268 e. The lowest BCUT2D eigenvalue weighted by Gasteiger charge is -2.15. The van der Waals surface area contributed by atoms with E-state index in [0.717, 1.165) is 28.4 Å². The Bertz CT molecular complexity index is 1370. The minimum absolute atomic E-state index is 0.207. The van der Waals surface area contributed by atoms with Gasteiger partial charge in [-0.2, -0.15) is 0 Å². The molecule has 4 rings (SSSR count). The highest BCUT2D eigenvalue weighted by Gasteiger charge is 2.25. The van der Waals surface area contributed by atoms with Gasteiger partial charge in [-0.15, -0.1) is 0 Å². The molecule has 0 atom stereocenters. The van der Waals surface area contributed by atoms with Crippen molar-refractivity contribution in [2.45, 2.75) is 18.7 Å². The zero-order valence-corrected chi connectivity index (χ0v) is 17.7. The molecule has 4 aromatic rings. The van der Waals surface area contributed by atoms with Crippen LogP contribution in [-0.4, -0.2) is 25.8 Å². The van der Waals surface area contributed by atoms with E-state index in [9.17, 15) is 13.2 Å². The van der Waals surface area contributed by atoms with Gasteiger partial charge in [0.2, 0.25) is 0 Å². The van der Waals surface area contributed by atoms with E-state index in [-0.39, 0.29) is 4.90 Å². The molecule has 1 heterocycles. The normalized spacial score (nSPS) is 11.6. The lowest BCUT2D eigenvalue weighted by atomic mass is 9.97. The van der Waals surface area contributed by atoms with Gasteiger partial charge in [0.15, 0.2) is 0 Å². The lowest BCUT2D eigenvalue weighted by Crippen LogP contribution is -2.14. The predicted octanol–water partition coefficient (Wildman–Crippen LogP) is 4.98. The van der Waals surface area contributed by atoms with Crippen molar-refractivity contribution in [1.82, 2.24) is 3.97 Å². The maximum atomic E-state index is 13.7. The number of rotatable bonds is 5. The molecule has 0 radical (unpaired) electrons. The quantitative estimate of drug-likeness (QED) is 0.428. The Morgan fingerprint density at radius 3 is 2.30 bits per heavy atom. The topological polar surface area (TPSA) is 65.4 Å². The molecular weight excluding hydrogens is 398 g/mol. The smallest absolute Gasteiger partial charge is 0.268 e. The third kappa shape index (κ3) is 3.09. The number of aromatic nitrogens is 1. The van der Waals surface area contributed by atoms with E-state index in [1.807, 2.05) is 26.0 Å². The van der Waals surface area contributed by atoms with Crippen molar-refractivity contribution in [2.75, 3.05) is 7.11 Å². The minimum Gasteiger partial charge on any atom is -0.497 e. The van der Waals surface area contributed by atoms with E-state index in [1.54, 1.807) is 61.7 Å². The van der Waals surface area contributed by atoms with E-state index in [4.69, 9.17) is 4.74 Å². The molecule has 0 aliphatic heterocycles. The summed E-state index contributed by atoms with van der Waals surface area (Å²) in [5, 5.41) is 0.750. The van der Waals surface area contributed by atoms with Crippen LogP contribution in [0.4, 0.5) is 0 Å². The second-order valence-electron chi connectivity index (χ2n) is 7.11. The summed E-state index contributed by atoms with van der Waals surface area (Å²) in [6, 6.07) is 19.0. The molecule has 0 aliphatic rings. The predicted molar refractivity (Wildman–Crippen MR) is 118 cm³/mol. The van der Waals surface area contributed by atoms with Crippen molar-refractivity contribution in [3.63, 3.8) is 0 Å². The highest BCUT2D eigenvalue weighted by Crippen LogP contribution is 2.36. The number of hydrogen-bond donors (Lipinski definition) is 0. The van der Waals surface area contributed by atoms with Crippen LogP contribution in [0.1, 0.15) is 21.5 Å². The Hall–Kier alpha value is -3.38. The molecule has 0 bridgehead atoms. The number of benzene rings is 3. The molecule has 6 heteroatoms. The summed E-state index contributed by atoms with van der Waals surface area (Å²) in [6.45, 7) is 3.76. The molecule has 0 amide bonds. The van der Waals surface area contributed by atoms with Crippen molar-refractivity contribution in [2.24, 2.45) is 0 Å². The first-order valence-corrected chi connectivity index (χ1v) is 10.9. The molecule has 1 aromatic heterocycles. The van der Waals surface area contributed by atoms with Gasteiger partial charge in [-0.1, -0.05) is 30.3 Å². The van der Waals surface area contributed by atoms with Gasteiger partial charge < -0.3 is 4.74 Å². The monoisotopic (exact) mass is 419 g/mol. The summed E-state index contributed by atoms with van der Waals surface area (Å²) >= 11 is 0. The van der Waals surface area contributed by atoms with E-state index < -0.39 is 10.0 Å². The highest BCUT2D eigenvalue weighted by molar-refractivity contribution is 7.90. The van der Waals surface area contributed by atoms with E-state index in [2.05, 4.69) is 0 Å². The zero-order valence-electron chi connectivity index (χ0n) is 16.9. The van der Waals surface area contributed by atoms with Gasteiger partial charge in [0, 0.05) is 16.5 Å². The Morgan fingerprint density at radius 1 is 0.900 bits per heavy atom. The third-order valence-corrected chi connectivity index (χ3v) is 7.22. The number of aldehydes is 1. The number of hydrogen-bond acceptors (Lipinski definition) is 4. The first-order chi connectivity index (χ1) is 14.4. The van der Waals surface area contributed by atoms with Crippen LogP contribution < -0.4 is 4.74 Å². The number of carbonyl (C=O) groups is 1. The molecule has 3 aromatic carbocycles. The molecule has 0 saturated carbocycles. The Labute approximate surface area is 175 Å². The van der Waals surface area contributed by atoms with Gasteiger partial charge in [-0.3, -0.25) is 4.79 Å². The van der Waals surface area contributed by atoms with Gasteiger partial charge in [-0.05, 0) is 61.4 Å². The molecular formula is C24H21NO4S. The minimum atomic E-state index is -3.86. The molecule has 0 unspecified atom stereocenters. The largest absolute Gasteiger partial charge is 0.497 e. The van der Waals surface area contributed by atoms with Crippen molar-refractivity contribution in [3.05, 3.63) is 83.4 Å². The van der Waals surface area contributed by atoms with Gasteiger partial charge >= 0.3 is 0 Å². The van der Waals surface area contributed by atoms with Gasteiger partial charge in [0.25, 0.3) is 10.0 Å². The fourth-order valence-corrected chi connectivity index (χ4v) is 5.23. The fourth-order valence-electron chi connectivity index (χ4n) is 3.69. The van der Waals surface area contributed by atoms with Crippen molar-refractivity contribution < 1.29 is 17.9 Å². The summed E-state index contributed by atoms with van der Waals surface area (Å²) in [5.74, 6) is 0.646. The summed E-state index contributed by atoms with van der Waals surface area (Å²) < 4.78 is 34.0. The standard InChI is InChI=1S/C24H21NO4S/c1-16-17(2)22(11-9-18(16)15-26)24-14-19-13-20(29-3)10-12-23(19)25(24)30(27,28)21-7-5-4-6-8-21/h4-15H,1-3H3. The summed E-state index contributed by atoms with van der Waals surface area (Å²) in [4.78, 5) is 11.5. The molecule has 30 heavy (non-hydrogen) atoms. The average Bonchev–Trinajstić information content (AvgIpc) is 3.15. The zero-order chi connectivity index (χ0) is 21.5. The van der Waals surface area contributed by atoms with Crippen LogP contribution in [0.5, 0.6) is 5.75 Å². The number of fused-ring (bicyclic) bond motifs is 1. The van der Waals surface area contributed by atoms with Crippen molar-refractivity contribution >= 4 is 27.2 Å². The first-order valence-electron chi connectivity index (χ1n) is 9.44. The SMILES string of the molecule is COc1ccc2c(c1)cc(-c1ccc(C=O)c(C)c1C)n2S(=O)(=O)c1ccccc1. The van der Waals surface area contributed by atoms with E-state index in [1.165, 1.54) is 3.97 Å². The molecule has 5 nitrogen and oxygen atoms in total. The molecule has 0 saturated heterocycles. The van der Waals surface area contributed by atoms with Crippen LogP contribution in [0.25, 0.3) is 22.2 Å². The number of nitrogens with zero attached hydrogens (tertiary/aromatic N) is 1. The summed E-state index contributed by atoms with van der Waals surface area (Å²) in [6.07, 6.45) is 0.813. The molecule has 0 spiro atoms. The van der Waals surface area contributed by atoms with E-state index in [0.29, 0.717) is 22.5 Å². The third-order valence-electron chi connectivity index (χ3n) is 5.48. The number of ether oxygens (including phenoxy) is 1. The van der Waals surface area contributed by atoms with Crippen LogP contribution in [0.3, 0.4) is 0 Å². The van der Waals surface area contributed by atoms with Crippen LogP contribution in [0.15, 0.2) is 71.6 Å². The number of carbonyl (C=O) groups excluding carboxylic acids is 1. The van der Waals surface area contributed by atoms with Crippen molar-refractivity contribution in [3.8, 4) is 17.0 Å². The Morgan fingerprint density at radius 2 is 1.63 bits per heavy atom. The second kappa shape index (κ2) is 7.46. The van der Waals surface area contributed by atoms with Crippen LogP contribution in [-0.2, 0) is 10.0 Å². The fraction of sp³-hybridized carbons (Fsp3) is 0.125. The van der Waals surface area contributed by atoms with E-state index >= 15 is 0 Å². The van der Waals surface area contributed by atoms with Crippen LogP contribution in [0.2, 0.25) is 0 Å². The lowest BCUT2D eigenvalue weighted by molar-refractivity contribution is 0.112. The first kappa shape index (κ1) is 19.9. The van der Waals surface area contributed by atoms with Crippen LogP contribution in [0, 0.1) is 13.8 Å². The molecule has 0 aliphatic carbocycles. The van der Waals surface area contributed by atoms with Gasteiger partial charge in [-0.25, -0.2) is 12.4 Å². The van der Waals surface area contributed by atoms with Crippen molar-refractivity contribution in [1.29, 1.82) is 0 Å². The Kier molecular flexibility index (Phi) is 4.95. The van der Waals surface area contributed by atoms with Gasteiger partial charge in [0.05, 0.1) is 23.2 Å². The second-order valence-corrected chi connectivity index (χ2v) is 8.89. The molecule has 0 fully saturated rings. The maximum absolute atomic E-state index is 13.7.